The zero-order valence-electron chi connectivity index (χ0n) is 9.12. The molecule has 15 heavy (non-hydrogen) atoms. The predicted octanol–water partition coefficient (Wildman–Crippen LogP) is -0.0597. The second-order valence-electron chi connectivity index (χ2n) is 4.06. The van der Waals surface area contributed by atoms with Crippen molar-refractivity contribution in [2.75, 3.05) is 44.8 Å². The lowest BCUT2D eigenvalue weighted by molar-refractivity contribution is -0.154. The quantitative estimate of drug-likeness (QED) is 0.673. The van der Waals surface area contributed by atoms with E-state index in [1.165, 1.54) is 7.11 Å². The number of nitrogens with zero attached hydrogens (tertiary/aromatic N) is 1. The van der Waals surface area contributed by atoms with E-state index in [1.54, 1.807) is 0 Å². The van der Waals surface area contributed by atoms with Crippen LogP contribution in [0.1, 0.15) is 6.42 Å². The molecule has 0 bridgehead atoms. The Bertz CT molecular complexity index is 236. The number of nitrogens with one attached hydrogen (secondary N) is 1. The molecule has 1 N–H and O–H groups in total. The minimum absolute atomic E-state index is 0.0469. The van der Waals surface area contributed by atoms with Gasteiger partial charge in [-0.15, -0.1) is 0 Å². The fourth-order valence-electron chi connectivity index (χ4n) is 2.38. The van der Waals surface area contributed by atoms with Crippen LogP contribution in [-0.2, 0) is 9.53 Å². The molecule has 86 valence electrons. The van der Waals surface area contributed by atoms with Crippen LogP contribution in [0.3, 0.4) is 0 Å². The molecule has 0 amide bonds. The summed E-state index contributed by atoms with van der Waals surface area (Å²) in [4.78, 5) is 14.2. The highest BCUT2D eigenvalue weighted by atomic mass is 32.2. The van der Waals surface area contributed by atoms with Crippen LogP contribution in [-0.4, -0.2) is 61.2 Å². The second kappa shape index (κ2) is 4.72. The van der Waals surface area contributed by atoms with Crippen molar-refractivity contribution in [1.82, 2.24) is 10.2 Å². The first kappa shape index (κ1) is 11.2. The van der Waals surface area contributed by atoms with E-state index in [0.29, 0.717) is 0 Å². The Morgan fingerprint density at radius 3 is 2.73 bits per heavy atom. The van der Waals surface area contributed by atoms with Gasteiger partial charge in [-0.05, 0) is 12.2 Å². The minimum Gasteiger partial charge on any atom is -0.468 e. The Labute approximate surface area is 94.7 Å². The molecule has 1 atom stereocenters. The number of carbonyl (C=O) groups is 1. The molecule has 0 aromatic carbocycles. The number of esters is 1. The van der Waals surface area contributed by atoms with Crippen LogP contribution in [0, 0.1) is 0 Å². The summed E-state index contributed by atoms with van der Waals surface area (Å²) in [6.07, 6.45) is 0.935. The summed E-state index contributed by atoms with van der Waals surface area (Å²) in [5.41, 5.74) is -0.332. The van der Waals surface area contributed by atoms with Gasteiger partial charge in [0.05, 0.1) is 7.11 Å². The van der Waals surface area contributed by atoms with Gasteiger partial charge in [0.25, 0.3) is 0 Å². The molecule has 2 fully saturated rings. The van der Waals surface area contributed by atoms with Gasteiger partial charge in [-0.3, -0.25) is 9.69 Å². The van der Waals surface area contributed by atoms with Crippen LogP contribution < -0.4 is 5.32 Å². The van der Waals surface area contributed by atoms with Gasteiger partial charge in [0, 0.05) is 31.9 Å². The zero-order valence-corrected chi connectivity index (χ0v) is 9.94. The molecule has 0 saturated carbocycles. The van der Waals surface area contributed by atoms with E-state index in [1.807, 2.05) is 11.8 Å². The Kier molecular flexibility index (Phi) is 3.53. The summed E-state index contributed by atoms with van der Waals surface area (Å²) >= 11 is 1.86. The van der Waals surface area contributed by atoms with Gasteiger partial charge in [0.15, 0.2) is 0 Å². The van der Waals surface area contributed by atoms with Crippen molar-refractivity contribution in [2.24, 2.45) is 0 Å². The van der Waals surface area contributed by atoms with E-state index in [-0.39, 0.29) is 11.5 Å². The minimum atomic E-state index is -0.332. The van der Waals surface area contributed by atoms with E-state index in [2.05, 4.69) is 10.2 Å². The Morgan fingerprint density at radius 1 is 1.47 bits per heavy atom. The average molecular weight is 230 g/mol. The lowest BCUT2D eigenvalue weighted by Gasteiger charge is -2.40. The van der Waals surface area contributed by atoms with Gasteiger partial charge in [-0.25, -0.2) is 0 Å². The van der Waals surface area contributed by atoms with Gasteiger partial charge in [0.2, 0.25) is 0 Å². The highest BCUT2D eigenvalue weighted by Gasteiger charge is 2.47. The maximum absolute atomic E-state index is 11.9. The molecule has 2 saturated heterocycles. The fraction of sp³-hybridized carbons (Fsp3) is 0.900. The summed E-state index contributed by atoms with van der Waals surface area (Å²) in [6.45, 7) is 3.86. The van der Waals surface area contributed by atoms with Crippen LogP contribution in [0.15, 0.2) is 0 Å². The predicted molar refractivity (Wildman–Crippen MR) is 61.1 cm³/mol. The first-order valence-electron chi connectivity index (χ1n) is 5.41. The largest absolute Gasteiger partial charge is 0.468 e. The molecule has 2 aliphatic rings. The van der Waals surface area contributed by atoms with Crippen molar-refractivity contribution in [3.05, 3.63) is 0 Å². The summed E-state index contributed by atoms with van der Waals surface area (Å²) in [5, 5.41) is 3.31. The first-order chi connectivity index (χ1) is 7.29. The maximum atomic E-state index is 11.9. The van der Waals surface area contributed by atoms with Crippen molar-refractivity contribution < 1.29 is 9.53 Å². The second-order valence-corrected chi connectivity index (χ2v) is 5.17. The highest BCUT2D eigenvalue weighted by molar-refractivity contribution is 7.99. The third-order valence-corrected chi connectivity index (χ3v) is 4.46. The van der Waals surface area contributed by atoms with Gasteiger partial charge >= 0.3 is 5.97 Å². The molecule has 2 heterocycles. The SMILES string of the molecule is COC(=O)C1(N2CCNCC2)CCSC1. The standard InChI is InChI=1S/C10H18N2O2S/c1-14-9(13)10(2-7-15-8-10)12-5-3-11-4-6-12/h11H,2-8H2,1H3. The molecule has 0 aromatic heterocycles. The van der Waals surface area contributed by atoms with Crippen molar-refractivity contribution in [3.8, 4) is 0 Å². The van der Waals surface area contributed by atoms with Crippen molar-refractivity contribution >= 4 is 17.7 Å². The molecule has 1 unspecified atom stereocenters. The van der Waals surface area contributed by atoms with Gasteiger partial charge in [-0.1, -0.05) is 0 Å². The average Bonchev–Trinajstić information content (AvgIpc) is 2.79. The summed E-state index contributed by atoms with van der Waals surface area (Å²) in [5.74, 6) is 1.91. The van der Waals surface area contributed by atoms with Crippen molar-refractivity contribution in [1.29, 1.82) is 0 Å². The third kappa shape index (κ3) is 2.00. The molecule has 0 radical (unpaired) electrons. The Morgan fingerprint density at radius 2 is 2.20 bits per heavy atom. The zero-order chi connectivity index (χ0) is 10.7. The normalized spacial score (nSPS) is 32.9. The molecular formula is C10H18N2O2S. The topological polar surface area (TPSA) is 41.6 Å². The van der Waals surface area contributed by atoms with Gasteiger partial charge in [0.1, 0.15) is 5.54 Å². The molecule has 4 nitrogen and oxygen atoms in total. The van der Waals surface area contributed by atoms with E-state index in [0.717, 1.165) is 44.1 Å². The molecule has 2 rings (SSSR count). The number of piperazine rings is 1. The van der Waals surface area contributed by atoms with Crippen molar-refractivity contribution in [2.45, 2.75) is 12.0 Å². The van der Waals surface area contributed by atoms with Crippen LogP contribution in [0.5, 0.6) is 0 Å². The fourth-order valence-corrected chi connectivity index (χ4v) is 3.79. The molecular weight excluding hydrogens is 212 g/mol. The van der Waals surface area contributed by atoms with Crippen LogP contribution in [0.25, 0.3) is 0 Å². The number of hydrogen-bond acceptors (Lipinski definition) is 5. The van der Waals surface area contributed by atoms with Crippen LogP contribution >= 0.6 is 11.8 Å². The monoisotopic (exact) mass is 230 g/mol. The van der Waals surface area contributed by atoms with E-state index >= 15 is 0 Å². The number of thioether (sulfide) groups is 1. The van der Waals surface area contributed by atoms with E-state index < -0.39 is 0 Å². The maximum Gasteiger partial charge on any atom is 0.327 e. The van der Waals surface area contributed by atoms with Gasteiger partial charge in [-0.2, -0.15) is 11.8 Å². The number of carbonyl (C=O) groups excluding carboxylic acids is 1. The smallest absolute Gasteiger partial charge is 0.327 e. The Balaban J connectivity index is 2.13. The molecule has 2 aliphatic heterocycles. The number of hydrogen-bond donors (Lipinski definition) is 1. The van der Waals surface area contributed by atoms with Crippen molar-refractivity contribution in [3.63, 3.8) is 0 Å². The lowest BCUT2D eigenvalue weighted by Crippen LogP contribution is -2.60. The summed E-state index contributed by atoms with van der Waals surface area (Å²) in [6, 6.07) is 0. The molecule has 0 aliphatic carbocycles. The van der Waals surface area contributed by atoms with Gasteiger partial charge < -0.3 is 10.1 Å². The van der Waals surface area contributed by atoms with E-state index in [4.69, 9.17) is 4.74 Å². The Hall–Kier alpha value is -0.260. The highest BCUT2D eigenvalue weighted by Crippen LogP contribution is 2.34. The van der Waals surface area contributed by atoms with E-state index in [9.17, 15) is 4.79 Å². The summed E-state index contributed by atoms with van der Waals surface area (Å²) < 4.78 is 4.98. The number of rotatable bonds is 2. The number of methoxy groups -OCH3 is 1. The summed E-state index contributed by atoms with van der Waals surface area (Å²) in [7, 11) is 1.50. The number of ether oxygens (including phenoxy) is 1. The molecule has 0 spiro atoms. The first-order valence-corrected chi connectivity index (χ1v) is 6.57. The molecule has 0 aromatic rings. The molecule has 5 heteroatoms. The van der Waals surface area contributed by atoms with Crippen LogP contribution in [0.2, 0.25) is 0 Å². The van der Waals surface area contributed by atoms with Crippen LogP contribution in [0.4, 0.5) is 0 Å². The lowest BCUT2D eigenvalue weighted by atomic mass is 9.95. The third-order valence-electron chi connectivity index (χ3n) is 3.29.